The molecule has 0 aliphatic carbocycles. The molecule has 2 aliphatic heterocycles. The molecule has 4 rings (SSSR count). The van der Waals surface area contributed by atoms with Gasteiger partial charge in [-0.25, -0.2) is 0 Å². The van der Waals surface area contributed by atoms with Crippen molar-refractivity contribution >= 4 is 11.8 Å². The lowest BCUT2D eigenvalue weighted by molar-refractivity contribution is -0.139. The van der Waals surface area contributed by atoms with Crippen molar-refractivity contribution in [1.29, 1.82) is 0 Å². The summed E-state index contributed by atoms with van der Waals surface area (Å²) in [5.74, 6) is -1.17. The van der Waals surface area contributed by atoms with Crippen LogP contribution in [0.1, 0.15) is 23.5 Å². The summed E-state index contributed by atoms with van der Waals surface area (Å²) in [7, 11) is 1.55. The largest absolute Gasteiger partial charge is 0.299 e. The lowest BCUT2D eigenvalue weighted by Crippen LogP contribution is -2.34. The molecule has 23 heavy (non-hydrogen) atoms. The van der Waals surface area contributed by atoms with Crippen molar-refractivity contribution in [2.75, 3.05) is 7.05 Å². The van der Waals surface area contributed by atoms with Crippen LogP contribution in [0.15, 0.2) is 48.8 Å². The maximum Gasteiger partial charge on any atom is 0.234 e. The van der Waals surface area contributed by atoms with Gasteiger partial charge < -0.3 is 0 Å². The SMILES string of the molecule is CN1C(=O)[C@@H]2[C@H](C1=O)[C@@H](c1ccccn1)N[C@H]2c1ccccn1. The quantitative estimate of drug-likeness (QED) is 0.841. The van der Waals surface area contributed by atoms with Gasteiger partial charge in [0.1, 0.15) is 0 Å². The van der Waals surface area contributed by atoms with Crippen molar-refractivity contribution in [1.82, 2.24) is 20.2 Å². The van der Waals surface area contributed by atoms with Gasteiger partial charge in [0.25, 0.3) is 0 Å². The van der Waals surface area contributed by atoms with E-state index in [1.54, 1.807) is 19.4 Å². The maximum atomic E-state index is 12.6. The first-order chi connectivity index (χ1) is 11.2. The molecule has 6 heteroatoms. The minimum atomic E-state index is -0.436. The van der Waals surface area contributed by atoms with E-state index in [1.807, 2.05) is 36.4 Å². The molecule has 2 amide bonds. The second-order valence-electron chi connectivity index (χ2n) is 5.92. The monoisotopic (exact) mass is 308 g/mol. The third kappa shape index (κ3) is 2.06. The van der Waals surface area contributed by atoms with E-state index in [9.17, 15) is 9.59 Å². The Morgan fingerprint density at radius 3 is 1.74 bits per heavy atom. The van der Waals surface area contributed by atoms with Crippen molar-refractivity contribution < 1.29 is 9.59 Å². The second-order valence-corrected chi connectivity index (χ2v) is 5.92. The highest BCUT2D eigenvalue weighted by atomic mass is 16.2. The number of carbonyl (C=O) groups excluding carboxylic acids is 2. The average Bonchev–Trinajstić information content (AvgIpc) is 3.10. The summed E-state index contributed by atoms with van der Waals surface area (Å²) in [6.45, 7) is 0. The Hall–Kier alpha value is -2.60. The molecule has 2 aromatic heterocycles. The van der Waals surface area contributed by atoms with Crippen LogP contribution in [0.5, 0.6) is 0 Å². The zero-order chi connectivity index (χ0) is 16.0. The molecule has 4 atom stereocenters. The Kier molecular flexibility index (Phi) is 3.20. The van der Waals surface area contributed by atoms with E-state index >= 15 is 0 Å². The molecule has 0 saturated carbocycles. The van der Waals surface area contributed by atoms with Crippen molar-refractivity contribution in [3.8, 4) is 0 Å². The molecular weight excluding hydrogens is 292 g/mol. The molecule has 0 spiro atoms. The van der Waals surface area contributed by atoms with Crippen LogP contribution in [0.25, 0.3) is 0 Å². The molecule has 2 saturated heterocycles. The Morgan fingerprint density at radius 2 is 1.35 bits per heavy atom. The molecule has 2 fully saturated rings. The molecule has 1 N–H and O–H groups in total. The van der Waals surface area contributed by atoms with E-state index in [1.165, 1.54) is 4.90 Å². The number of carbonyl (C=O) groups is 2. The fourth-order valence-corrected chi connectivity index (χ4v) is 3.62. The van der Waals surface area contributed by atoms with Gasteiger partial charge in [-0.15, -0.1) is 0 Å². The lowest BCUT2D eigenvalue weighted by atomic mass is 9.87. The van der Waals surface area contributed by atoms with Gasteiger partial charge in [-0.2, -0.15) is 0 Å². The molecular formula is C17H16N4O2. The van der Waals surface area contributed by atoms with Crippen LogP contribution in [-0.2, 0) is 9.59 Å². The number of hydrogen-bond donors (Lipinski definition) is 1. The number of fused-ring (bicyclic) bond motifs is 1. The van der Waals surface area contributed by atoms with Gasteiger partial charge in [0.2, 0.25) is 11.8 Å². The van der Waals surface area contributed by atoms with Crippen LogP contribution in [0.3, 0.4) is 0 Å². The number of rotatable bonds is 2. The highest BCUT2D eigenvalue weighted by Gasteiger charge is 2.58. The van der Waals surface area contributed by atoms with Gasteiger partial charge in [0.05, 0.1) is 35.3 Å². The zero-order valence-electron chi connectivity index (χ0n) is 12.6. The van der Waals surface area contributed by atoms with Gasteiger partial charge in [-0.05, 0) is 24.3 Å². The average molecular weight is 308 g/mol. The van der Waals surface area contributed by atoms with Crippen molar-refractivity contribution in [3.63, 3.8) is 0 Å². The van der Waals surface area contributed by atoms with Crippen LogP contribution in [0.2, 0.25) is 0 Å². The third-order valence-electron chi connectivity index (χ3n) is 4.71. The van der Waals surface area contributed by atoms with Crippen molar-refractivity contribution in [3.05, 3.63) is 60.2 Å². The number of nitrogens with zero attached hydrogens (tertiary/aromatic N) is 3. The van der Waals surface area contributed by atoms with E-state index in [-0.39, 0.29) is 23.9 Å². The Balaban J connectivity index is 1.79. The van der Waals surface area contributed by atoms with Crippen molar-refractivity contribution in [2.45, 2.75) is 12.1 Å². The Morgan fingerprint density at radius 1 is 0.870 bits per heavy atom. The van der Waals surface area contributed by atoms with Gasteiger partial charge >= 0.3 is 0 Å². The standard InChI is InChI=1S/C17H16N4O2/c1-21-16(22)12-13(17(21)23)15(11-7-3-5-9-19-11)20-14(12)10-6-2-4-8-18-10/h2-9,12-15,20H,1H3/t12-,13+,14+,15-. The van der Waals surface area contributed by atoms with Gasteiger partial charge in [-0.1, -0.05) is 12.1 Å². The zero-order valence-corrected chi connectivity index (χ0v) is 12.6. The predicted molar refractivity (Wildman–Crippen MR) is 81.8 cm³/mol. The van der Waals surface area contributed by atoms with E-state index in [0.29, 0.717) is 0 Å². The van der Waals surface area contributed by atoms with Crippen LogP contribution in [0.4, 0.5) is 0 Å². The number of nitrogens with one attached hydrogen (secondary N) is 1. The molecule has 0 radical (unpaired) electrons. The molecule has 4 heterocycles. The molecule has 2 aliphatic rings. The summed E-state index contributed by atoms with van der Waals surface area (Å²) in [5.41, 5.74) is 1.55. The maximum absolute atomic E-state index is 12.6. The van der Waals surface area contributed by atoms with Crippen molar-refractivity contribution in [2.24, 2.45) is 11.8 Å². The van der Waals surface area contributed by atoms with Crippen LogP contribution < -0.4 is 5.32 Å². The van der Waals surface area contributed by atoms with Gasteiger partial charge in [0.15, 0.2) is 0 Å². The summed E-state index contributed by atoms with van der Waals surface area (Å²) in [5, 5.41) is 3.41. The normalized spacial score (nSPS) is 29.9. The van der Waals surface area contributed by atoms with Crippen LogP contribution in [0, 0.1) is 11.8 Å². The van der Waals surface area contributed by atoms with Gasteiger partial charge in [-0.3, -0.25) is 29.8 Å². The predicted octanol–water partition coefficient (Wildman–Crippen LogP) is 1.09. The van der Waals surface area contributed by atoms with Gasteiger partial charge in [0, 0.05) is 19.4 Å². The number of imide groups is 1. The molecule has 2 aromatic rings. The van der Waals surface area contributed by atoms with E-state index in [2.05, 4.69) is 15.3 Å². The summed E-state index contributed by atoms with van der Waals surface area (Å²) in [4.78, 5) is 35.1. The highest BCUT2D eigenvalue weighted by molar-refractivity contribution is 6.06. The van der Waals surface area contributed by atoms with E-state index in [4.69, 9.17) is 0 Å². The Bertz CT molecular complexity index is 686. The fraction of sp³-hybridized carbons (Fsp3) is 0.294. The van der Waals surface area contributed by atoms with E-state index < -0.39 is 11.8 Å². The first-order valence-electron chi connectivity index (χ1n) is 7.58. The highest BCUT2D eigenvalue weighted by Crippen LogP contribution is 2.48. The molecule has 0 unspecified atom stereocenters. The lowest BCUT2D eigenvalue weighted by Gasteiger charge is -2.19. The molecule has 0 aromatic carbocycles. The van der Waals surface area contributed by atoms with E-state index in [0.717, 1.165) is 11.4 Å². The minimum Gasteiger partial charge on any atom is -0.299 e. The van der Waals surface area contributed by atoms with Crippen LogP contribution in [-0.4, -0.2) is 33.7 Å². The topological polar surface area (TPSA) is 75.2 Å². The second kappa shape index (κ2) is 5.24. The summed E-state index contributed by atoms with van der Waals surface area (Å²) in [6.07, 6.45) is 3.40. The fourth-order valence-electron chi connectivity index (χ4n) is 3.62. The van der Waals surface area contributed by atoms with Crippen LogP contribution >= 0.6 is 0 Å². The first kappa shape index (κ1) is 14.0. The summed E-state index contributed by atoms with van der Waals surface area (Å²) < 4.78 is 0. The number of pyridine rings is 2. The first-order valence-corrected chi connectivity index (χ1v) is 7.58. The molecule has 6 nitrogen and oxygen atoms in total. The summed E-state index contributed by atoms with van der Waals surface area (Å²) in [6, 6.07) is 10.6. The molecule has 0 bridgehead atoms. The molecule has 116 valence electrons. The third-order valence-corrected chi connectivity index (χ3v) is 4.71. The summed E-state index contributed by atoms with van der Waals surface area (Å²) >= 11 is 0. The smallest absolute Gasteiger partial charge is 0.234 e. The number of hydrogen-bond acceptors (Lipinski definition) is 5. The number of aromatic nitrogens is 2. The number of likely N-dealkylation sites (tertiary alicyclic amines) is 1. The minimum absolute atomic E-state index is 0.151. The number of amides is 2. The Labute approximate surface area is 133 Å².